The van der Waals surface area contributed by atoms with Crippen molar-refractivity contribution < 1.29 is 0 Å². The van der Waals surface area contributed by atoms with Gasteiger partial charge in [-0.25, -0.2) is 0 Å². The Labute approximate surface area is 76.2 Å². The van der Waals surface area contributed by atoms with Gasteiger partial charge in [-0.05, 0) is 7.05 Å². The average Bonchev–Trinajstić information content (AvgIpc) is 2.58. The van der Waals surface area contributed by atoms with Gasteiger partial charge in [0.25, 0.3) is 0 Å². The van der Waals surface area contributed by atoms with Crippen LogP contribution in [0.4, 0.5) is 0 Å². The van der Waals surface area contributed by atoms with E-state index in [0.29, 0.717) is 5.92 Å². The molecule has 2 N–H and O–H groups in total. The predicted molar refractivity (Wildman–Crippen MR) is 50.3 cm³/mol. The summed E-state index contributed by atoms with van der Waals surface area (Å²) >= 11 is 1.71. The summed E-state index contributed by atoms with van der Waals surface area (Å²) in [6.45, 7) is 2.08. The first kappa shape index (κ1) is 8.16. The molecule has 3 nitrogen and oxygen atoms in total. The number of hydrogen-bond acceptors (Lipinski definition) is 4. The Morgan fingerprint density at radius 2 is 2.50 bits per heavy atom. The summed E-state index contributed by atoms with van der Waals surface area (Å²) in [7, 11) is 2.11. The maximum atomic E-state index is 6.00. The molecule has 0 bridgehead atoms. The highest BCUT2D eigenvalue weighted by Gasteiger charge is 2.29. The van der Waals surface area contributed by atoms with Gasteiger partial charge in [-0.3, -0.25) is 4.98 Å². The largest absolute Gasteiger partial charge is 0.326 e. The van der Waals surface area contributed by atoms with Crippen LogP contribution in [0, 0.1) is 0 Å². The Hall–Kier alpha value is -0.450. The number of thiazole rings is 1. The van der Waals surface area contributed by atoms with E-state index in [-0.39, 0.29) is 6.04 Å². The van der Waals surface area contributed by atoms with E-state index in [9.17, 15) is 0 Å². The highest BCUT2D eigenvalue weighted by molar-refractivity contribution is 7.09. The molecule has 1 aromatic rings. The molecule has 4 heteroatoms. The van der Waals surface area contributed by atoms with Gasteiger partial charge in [-0.15, -0.1) is 11.3 Å². The molecule has 66 valence electrons. The third kappa shape index (κ3) is 1.37. The Bertz CT molecular complexity index is 247. The number of likely N-dealkylation sites (tertiary alicyclic amines) is 1. The van der Waals surface area contributed by atoms with Crippen LogP contribution in [0.1, 0.15) is 10.8 Å². The van der Waals surface area contributed by atoms with E-state index in [4.69, 9.17) is 5.73 Å². The second-order valence-corrected chi connectivity index (χ2v) is 4.31. The van der Waals surface area contributed by atoms with Crippen molar-refractivity contribution in [1.29, 1.82) is 0 Å². The van der Waals surface area contributed by atoms with Crippen molar-refractivity contribution in [2.24, 2.45) is 5.73 Å². The van der Waals surface area contributed by atoms with Crippen molar-refractivity contribution >= 4 is 11.3 Å². The molecule has 12 heavy (non-hydrogen) atoms. The van der Waals surface area contributed by atoms with Crippen LogP contribution in [0.2, 0.25) is 0 Å². The standard InChI is InChI=1S/C8H13N3S/c1-11-3-6(7(9)4-11)8-2-10-5-12-8/h2,5-7H,3-4,9H2,1H3. The van der Waals surface area contributed by atoms with Gasteiger partial charge in [0.15, 0.2) is 0 Å². The first-order chi connectivity index (χ1) is 5.77. The lowest BCUT2D eigenvalue weighted by Crippen LogP contribution is -2.27. The Kier molecular flexibility index (Phi) is 2.12. The molecule has 0 aliphatic carbocycles. The number of nitrogens with zero attached hydrogens (tertiary/aromatic N) is 2. The summed E-state index contributed by atoms with van der Waals surface area (Å²) in [5.74, 6) is 0.502. The van der Waals surface area contributed by atoms with Crippen LogP contribution in [0.25, 0.3) is 0 Å². The van der Waals surface area contributed by atoms with Gasteiger partial charge < -0.3 is 10.6 Å². The van der Waals surface area contributed by atoms with Crippen LogP contribution in [-0.4, -0.2) is 36.1 Å². The van der Waals surface area contributed by atoms with Gasteiger partial charge in [-0.1, -0.05) is 0 Å². The predicted octanol–water partition coefficient (Wildman–Crippen LogP) is 0.499. The van der Waals surface area contributed by atoms with Crippen LogP contribution < -0.4 is 5.73 Å². The van der Waals surface area contributed by atoms with Crippen molar-refractivity contribution in [1.82, 2.24) is 9.88 Å². The first-order valence-corrected chi connectivity index (χ1v) is 4.98. The van der Waals surface area contributed by atoms with Gasteiger partial charge in [0.1, 0.15) is 0 Å². The fourth-order valence-electron chi connectivity index (χ4n) is 1.74. The van der Waals surface area contributed by atoms with Gasteiger partial charge in [0.05, 0.1) is 5.51 Å². The summed E-state index contributed by atoms with van der Waals surface area (Å²) in [4.78, 5) is 7.67. The minimum atomic E-state index is 0.287. The number of likely N-dealkylation sites (N-methyl/N-ethyl adjacent to an activating group) is 1. The zero-order valence-corrected chi connectivity index (χ0v) is 7.92. The van der Waals surface area contributed by atoms with Crippen molar-refractivity contribution in [3.05, 3.63) is 16.6 Å². The summed E-state index contributed by atoms with van der Waals surface area (Å²) in [5, 5.41) is 0. The minimum Gasteiger partial charge on any atom is -0.326 e. The lowest BCUT2D eigenvalue weighted by molar-refractivity contribution is 0.408. The van der Waals surface area contributed by atoms with Gasteiger partial charge in [0.2, 0.25) is 0 Å². The molecule has 0 aromatic carbocycles. The molecule has 2 atom stereocenters. The van der Waals surface area contributed by atoms with Crippen molar-refractivity contribution in [3.8, 4) is 0 Å². The number of hydrogen-bond donors (Lipinski definition) is 1. The van der Waals surface area contributed by atoms with E-state index in [2.05, 4.69) is 16.9 Å². The normalized spacial score (nSPS) is 31.2. The molecule has 1 aliphatic heterocycles. The molecule has 1 fully saturated rings. The van der Waals surface area contributed by atoms with Gasteiger partial charge in [0, 0.05) is 36.1 Å². The molecule has 0 radical (unpaired) electrons. The SMILES string of the molecule is CN1CC(N)C(c2cncs2)C1. The zero-order chi connectivity index (χ0) is 8.55. The molecule has 2 rings (SSSR count). The maximum Gasteiger partial charge on any atom is 0.0794 e. The Balaban J connectivity index is 2.15. The van der Waals surface area contributed by atoms with E-state index in [0.717, 1.165) is 13.1 Å². The van der Waals surface area contributed by atoms with Crippen LogP contribution in [0.15, 0.2) is 11.7 Å². The summed E-state index contributed by atoms with van der Waals surface area (Å²) in [6, 6.07) is 0.287. The number of nitrogens with two attached hydrogens (primary N) is 1. The summed E-state index contributed by atoms with van der Waals surface area (Å²) < 4.78 is 0. The van der Waals surface area contributed by atoms with Crippen LogP contribution in [0.5, 0.6) is 0 Å². The lowest BCUT2D eigenvalue weighted by atomic mass is 10.0. The van der Waals surface area contributed by atoms with E-state index >= 15 is 0 Å². The van der Waals surface area contributed by atoms with Gasteiger partial charge in [-0.2, -0.15) is 0 Å². The van der Waals surface area contributed by atoms with Crippen LogP contribution >= 0.6 is 11.3 Å². The van der Waals surface area contributed by atoms with E-state index in [1.165, 1.54) is 4.88 Å². The monoisotopic (exact) mass is 183 g/mol. The summed E-state index contributed by atoms with van der Waals surface area (Å²) in [5.41, 5.74) is 7.87. The van der Waals surface area contributed by atoms with Crippen molar-refractivity contribution in [2.75, 3.05) is 20.1 Å². The lowest BCUT2D eigenvalue weighted by Gasteiger charge is -2.10. The van der Waals surface area contributed by atoms with E-state index in [1.807, 2.05) is 11.7 Å². The molecule has 1 saturated heterocycles. The maximum absolute atomic E-state index is 6.00. The van der Waals surface area contributed by atoms with E-state index in [1.54, 1.807) is 11.3 Å². The van der Waals surface area contributed by atoms with Gasteiger partial charge >= 0.3 is 0 Å². The molecular weight excluding hydrogens is 170 g/mol. The summed E-state index contributed by atoms with van der Waals surface area (Å²) in [6.07, 6.45) is 1.94. The Morgan fingerprint density at radius 3 is 3.00 bits per heavy atom. The molecule has 2 unspecified atom stereocenters. The molecule has 0 saturated carbocycles. The highest BCUT2D eigenvalue weighted by Crippen LogP contribution is 2.27. The Morgan fingerprint density at radius 1 is 1.67 bits per heavy atom. The molecule has 0 amide bonds. The van der Waals surface area contributed by atoms with Crippen LogP contribution in [0.3, 0.4) is 0 Å². The first-order valence-electron chi connectivity index (χ1n) is 4.10. The highest BCUT2D eigenvalue weighted by atomic mass is 32.1. The average molecular weight is 183 g/mol. The van der Waals surface area contributed by atoms with E-state index < -0.39 is 0 Å². The van der Waals surface area contributed by atoms with Crippen LogP contribution in [-0.2, 0) is 0 Å². The zero-order valence-electron chi connectivity index (χ0n) is 7.10. The minimum absolute atomic E-state index is 0.287. The molecule has 1 aromatic heterocycles. The third-order valence-electron chi connectivity index (χ3n) is 2.36. The molecular formula is C8H13N3S. The number of rotatable bonds is 1. The van der Waals surface area contributed by atoms with Crippen molar-refractivity contribution in [2.45, 2.75) is 12.0 Å². The third-order valence-corrected chi connectivity index (χ3v) is 3.27. The van der Waals surface area contributed by atoms with Crippen molar-refractivity contribution in [3.63, 3.8) is 0 Å². The topological polar surface area (TPSA) is 42.1 Å². The fraction of sp³-hybridized carbons (Fsp3) is 0.625. The fourth-order valence-corrected chi connectivity index (χ4v) is 2.53. The second-order valence-electron chi connectivity index (χ2n) is 3.40. The second kappa shape index (κ2) is 3.12. The quantitative estimate of drug-likeness (QED) is 0.689. The molecule has 2 heterocycles. The molecule has 0 spiro atoms. The molecule has 1 aliphatic rings. The number of aromatic nitrogens is 1. The smallest absolute Gasteiger partial charge is 0.0794 e.